The highest BCUT2D eigenvalue weighted by Crippen LogP contribution is 2.27. The van der Waals surface area contributed by atoms with Gasteiger partial charge in [-0.25, -0.2) is 4.39 Å². The molecule has 0 aliphatic rings. The molecule has 0 unspecified atom stereocenters. The molecule has 3 aromatic rings. The largest absolute Gasteiger partial charge is 0.482 e. The van der Waals surface area contributed by atoms with E-state index in [0.29, 0.717) is 28.2 Å². The highest BCUT2D eigenvalue weighted by Gasteiger charge is 2.09. The van der Waals surface area contributed by atoms with Gasteiger partial charge >= 0.3 is 0 Å². The summed E-state index contributed by atoms with van der Waals surface area (Å²) in [7, 11) is 0. The molecular weight excluding hydrogens is 380 g/mol. The minimum Gasteiger partial charge on any atom is -0.482 e. The average Bonchev–Trinajstić information content (AvgIpc) is 3.03. The number of hydrogen-bond acceptors (Lipinski definition) is 3. The number of anilines is 1. The van der Waals surface area contributed by atoms with Gasteiger partial charge < -0.3 is 10.1 Å². The van der Waals surface area contributed by atoms with Crippen molar-refractivity contribution in [2.75, 3.05) is 11.9 Å². The Morgan fingerprint density at radius 3 is 2.65 bits per heavy atom. The van der Waals surface area contributed by atoms with Gasteiger partial charge in [-0.2, -0.15) is 5.10 Å². The number of carbonyl (C=O) groups excluding carboxylic acids is 1. The first-order chi connectivity index (χ1) is 12.5. The monoisotopic (exact) mass is 393 g/mol. The van der Waals surface area contributed by atoms with E-state index in [9.17, 15) is 9.18 Å². The van der Waals surface area contributed by atoms with Gasteiger partial charge in [0.2, 0.25) is 0 Å². The fourth-order valence-electron chi connectivity index (χ4n) is 2.21. The molecule has 0 saturated heterocycles. The van der Waals surface area contributed by atoms with Crippen molar-refractivity contribution >= 4 is 34.9 Å². The number of ether oxygens (including phenoxy) is 1. The molecule has 1 heterocycles. The second-order valence-corrected chi connectivity index (χ2v) is 6.28. The Bertz CT molecular complexity index is 913. The molecule has 26 heavy (non-hydrogen) atoms. The van der Waals surface area contributed by atoms with Crippen LogP contribution in [0.15, 0.2) is 54.7 Å². The Labute approximate surface area is 159 Å². The quantitative estimate of drug-likeness (QED) is 0.675. The second-order valence-electron chi connectivity index (χ2n) is 5.44. The zero-order valence-electron chi connectivity index (χ0n) is 13.5. The molecule has 0 aliphatic carbocycles. The third kappa shape index (κ3) is 4.97. The van der Waals surface area contributed by atoms with E-state index in [1.807, 2.05) is 0 Å². The fourth-order valence-corrected chi connectivity index (χ4v) is 2.67. The van der Waals surface area contributed by atoms with Crippen LogP contribution in [0.3, 0.4) is 0 Å². The van der Waals surface area contributed by atoms with Gasteiger partial charge in [0.05, 0.1) is 11.6 Å². The molecule has 8 heteroatoms. The van der Waals surface area contributed by atoms with E-state index in [-0.39, 0.29) is 18.3 Å². The number of hydrogen-bond donors (Lipinski definition) is 1. The lowest BCUT2D eigenvalue weighted by molar-refractivity contribution is -0.118. The number of halogens is 3. The molecule has 1 N–H and O–H groups in total. The molecule has 0 fully saturated rings. The average molecular weight is 394 g/mol. The first-order valence-corrected chi connectivity index (χ1v) is 8.41. The molecule has 0 atom stereocenters. The lowest BCUT2D eigenvalue weighted by Crippen LogP contribution is -2.20. The maximum atomic E-state index is 12.9. The highest BCUT2D eigenvalue weighted by atomic mass is 35.5. The van der Waals surface area contributed by atoms with E-state index in [2.05, 4.69) is 10.4 Å². The van der Waals surface area contributed by atoms with E-state index >= 15 is 0 Å². The van der Waals surface area contributed by atoms with E-state index < -0.39 is 0 Å². The minimum atomic E-state index is -0.372. The molecule has 0 spiro atoms. The third-order valence-corrected chi connectivity index (χ3v) is 3.95. The standard InChI is InChI=1S/C18H14Cl2FN3O2/c19-13-3-6-16(15(20)9-13)26-11-18(25)22-17-7-8-24(23-17)10-12-1-4-14(21)5-2-12/h1-9H,10-11H2,(H,22,23,25). The van der Waals surface area contributed by atoms with Crippen LogP contribution in [0.1, 0.15) is 5.56 Å². The van der Waals surface area contributed by atoms with Crippen molar-refractivity contribution in [1.29, 1.82) is 0 Å². The van der Waals surface area contributed by atoms with Gasteiger partial charge in [0, 0.05) is 17.3 Å². The van der Waals surface area contributed by atoms with E-state index in [1.54, 1.807) is 41.2 Å². The van der Waals surface area contributed by atoms with Crippen LogP contribution >= 0.6 is 23.2 Å². The van der Waals surface area contributed by atoms with Crippen molar-refractivity contribution in [3.05, 3.63) is 76.2 Å². The van der Waals surface area contributed by atoms with Crippen LogP contribution in [0.2, 0.25) is 10.0 Å². The Morgan fingerprint density at radius 2 is 1.92 bits per heavy atom. The summed E-state index contributed by atoms with van der Waals surface area (Å²) in [5.41, 5.74) is 0.896. The van der Waals surface area contributed by atoms with Gasteiger partial charge in [0.1, 0.15) is 11.6 Å². The Kier molecular flexibility index (Phi) is 5.75. The third-order valence-electron chi connectivity index (χ3n) is 3.42. The molecular formula is C18H14Cl2FN3O2. The van der Waals surface area contributed by atoms with Crippen LogP contribution in [0.4, 0.5) is 10.2 Å². The maximum Gasteiger partial charge on any atom is 0.263 e. The van der Waals surface area contributed by atoms with Gasteiger partial charge in [-0.05, 0) is 35.9 Å². The molecule has 134 valence electrons. The lowest BCUT2D eigenvalue weighted by atomic mass is 10.2. The Hall–Kier alpha value is -2.57. The Morgan fingerprint density at radius 1 is 1.15 bits per heavy atom. The van der Waals surface area contributed by atoms with Crippen molar-refractivity contribution in [2.24, 2.45) is 0 Å². The van der Waals surface area contributed by atoms with Crippen LogP contribution in [0.5, 0.6) is 5.75 Å². The number of carbonyl (C=O) groups is 1. The second kappa shape index (κ2) is 8.21. The number of rotatable bonds is 6. The SMILES string of the molecule is O=C(COc1ccc(Cl)cc1Cl)Nc1ccn(Cc2ccc(F)cc2)n1. The van der Waals surface area contributed by atoms with Crippen molar-refractivity contribution < 1.29 is 13.9 Å². The molecule has 0 bridgehead atoms. The van der Waals surface area contributed by atoms with E-state index in [0.717, 1.165) is 5.56 Å². The summed E-state index contributed by atoms with van der Waals surface area (Å²) in [6.45, 7) is 0.249. The fraction of sp³-hybridized carbons (Fsp3) is 0.111. The zero-order valence-corrected chi connectivity index (χ0v) is 15.0. The van der Waals surface area contributed by atoms with Crippen LogP contribution in [-0.2, 0) is 11.3 Å². The molecule has 0 radical (unpaired) electrons. The predicted molar refractivity (Wildman–Crippen MR) is 98.3 cm³/mol. The molecule has 3 rings (SSSR count). The summed E-state index contributed by atoms with van der Waals surface area (Å²) in [5.74, 6) is 0.0991. The van der Waals surface area contributed by atoms with Gasteiger partial charge in [0.15, 0.2) is 12.4 Å². The summed E-state index contributed by atoms with van der Waals surface area (Å²) in [6.07, 6.45) is 1.72. The first kappa shape index (κ1) is 18.2. The van der Waals surface area contributed by atoms with E-state index in [1.165, 1.54) is 18.2 Å². The highest BCUT2D eigenvalue weighted by molar-refractivity contribution is 6.35. The van der Waals surface area contributed by atoms with Gasteiger partial charge in [-0.1, -0.05) is 35.3 Å². The van der Waals surface area contributed by atoms with Crippen LogP contribution in [-0.4, -0.2) is 22.3 Å². The lowest BCUT2D eigenvalue weighted by Gasteiger charge is -2.08. The molecule has 1 aromatic heterocycles. The van der Waals surface area contributed by atoms with Gasteiger partial charge in [-0.15, -0.1) is 0 Å². The molecule has 1 amide bonds. The summed E-state index contributed by atoms with van der Waals surface area (Å²) in [6, 6.07) is 12.6. The number of benzene rings is 2. The number of aromatic nitrogens is 2. The van der Waals surface area contributed by atoms with Crippen molar-refractivity contribution in [3.63, 3.8) is 0 Å². The summed E-state index contributed by atoms with van der Waals surface area (Å²) >= 11 is 11.8. The molecule has 5 nitrogen and oxygen atoms in total. The van der Waals surface area contributed by atoms with Gasteiger partial charge in [0.25, 0.3) is 5.91 Å². The zero-order chi connectivity index (χ0) is 18.5. The summed E-state index contributed by atoms with van der Waals surface area (Å²) in [5, 5.41) is 7.69. The smallest absolute Gasteiger partial charge is 0.263 e. The summed E-state index contributed by atoms with van der Waals surface area (Å²) < 4.78 is 19.9. The minimum absolute atomic E-state index is 0.216. The topological polar surface area (TPSA) is 56.1 Å². The van der Waals surface area contributed by atoms with Gasteiger partial charge in [-0.3, -0.25) is 9.48 Å². The van der Waals surface area contributed by atoms with Crippen molar-refractivity contribution in [1.82, 2.24) is 9.78 Å². The number of nitrogens with one attached hydrogen (secondary N) is 1. The summed E-state index contributed by atoms with van der Waals surface area (Å²) in [4.78, 5) is 12.0. The molecule has 0 saturated carbocycles. The predicted octanol–water partition coefficient (Wildman–Crippen LogP) is 4.39. The van der Waals surface area contributed by atoms with Crippen LogP contribution in [0.25, 0.3) is 0 Å². The number of amides is 1. The molecule has 2 aromatic carbocycles. The van der Waals surface area contributed by atoms with Crippen molar-refractivity contribution in [2.45, 2.75) is 6.54 Å². The normalized spacial score (nSPS) is 10.6. The van der Waals surface area contributed by atoms with Crippen LogP contribution in [0, 0.1) is 5.82 Å². The first-order valence-electron chi connectivity index (χ1n) is 7.65. The maximum absolute atomic E-state index is 12.9. The van der Waals surface area contributed by atoms with Crippen molar-refractivity contribution in [3.8, 4) is 5.75 Å². The van der Waals surface area contributed by atoms with Crippen LogP contribution < -0.4 is 10.1 Å². The number of nitrogens with zero attached hydrogens (tertiary/aromatic N) is 2. The molecule has 0 aliphatic heterocycles. The Balaban J connectivity index is 1.53. The van der Waals surface area contributed by atoms with E-state index in [4.69, 9.17) is 27.9 Å².